The molecular weight excluding hydrogens is 192 g/mol. The highest BCUT2D eigenvalue weighted by atomic mass is 16.6. The first kappa shape index (κ1) is 12.2. The molecule has 0 heterocycles. The summed E-state index contributed by atoms with van der Waals surface area (Å²) in [6, 6.07) is 0. The molecule has 1 aliphatic carbocycles. The van der Waals surface area contributed by atoms with Gasteiger partial charge in [-0.1, -0.05) is 11.6 Å². The number of hydrogen-bond acceptors (Lipinski definition) is 3. The predicted octanol–water partition coefficient (Wildman–Crippen LogP) is 2.19. The molecule has 2 atom stereocenters. The summed E-state index contributed by atoms with van der Waals surface area (Å²) in [4.78, 5) is 10.9. The van der Waals surface area contributed by atoms with Gasteiger partial charge in [-0.25, -0.2) is 0 Å². The highest BCUT2D eigenvalue weighted by Crippen LogP contribution is 2.28. The van der Waals surface area contributed by atoms with E-state index in [9.17, 15) is 9.90 Å². The Bertz CT molecular complexity index is 266. The van der Waals surface area contributed by atoms with Gasteiger partial charge in [-0.3, -0.25) is 4.79 Å². The molecule has 3 nitrogen and oxygen atoms in total. The molecule has 0 amide bonds. The second-order valence-corrected chi connectivity index (χ2v) is 4.58. The lowest BCUT2D eigenvalue weighted by atomic mass is 9.86. The summed E-state index contributed by atoms with van der Waals surface area (Å²) in [5.41, 5.74) is 0.408. The van der Waals surface area contributed by atoms with Crippen molar-refractivity contribution in [2.75, 3.05) is 0 Å². The summed E-state index contributed by atoms with van der Waals surface area (Å²) in [6.45, 7) is 5.21. The van der Waals surface area contributed by atoms with E-state index in [1.54, 1.807) is 6.92 Å². The Morgan fingerprint density at radius 1 is 1.67 bits per heavy atom. The van der Waals surface area contributed by atoms with Gasteiger partial charge in [-0.15, -0.1) is 0 Å². The minimum atomic E-state index is -0.900. The Morgan fingerprint density at radius 3 is 2.93 bits per heavy atom. The first-order valence-corrected chi connectivity index (χ1v) is 5.47. The Morgan fingerprint density at radius 2 is 2.33 bits per heavy atom. The van der Waals surface area contributed by atoms with Crippen LogP contribution in [0, 0.1) is 0 Å². The molecule has 0 aliphatic heterocycles. The molecule has 0 aromatic rings. The average Bonchev–Trinajstić information content (AvgIpc) is 2.09. The van der Waals surface area contributed by atoms with Gasteiger partial charge in [0, 0.05) is 6.92 Å². The van der Waals surface area contributed by atoms with Crippen LogP contribution in [0.5, 0.6) is 0 Å². The molecule has 1 aliphatic rings. The van der Waals surface area contributed by atoms with E-state index < -0.39 is 5.60 Å². The van der Waals surface area contributed by atoms with Crippen molar-refractivity contribution in [2.24, 2.45) is 0 Å². The molecule has 0 aromatic heterocycles. The smallest absolute Gasteiger partial charge is 0.303 e. The fourth-order valence-corrected chi connectivity index (χ4v) is 1.93. The molecule has 86 valence electrons. The summed E-state index contributed by atoms with van der Waals surface area (Å²) in [5, 5.41) is 10.2. The minimum absolute atomic E-state index is 0.317. The van der Waals surface area contributed by atoms with Gasteiger partial charge in [-0.2, -0.15) is 0 Å². The van der Waals surface area contributed by atoms with E-state index in [-0.39, 0.29) is 12.1 Å². The van der Waals surface area contributed by atoms with Crippen LogP contribution in [-0.4, -0.2) is 22.8 Å². The van der Waals surface area contributed by atoms with E-state index in [2.05, 4.69) is 13.0 Å². The van der Waals surface area contributed by atoms with Gasteiger partial charge >= 0.3 is 5.97 Å². The zero-order valence-corrected chi connectivity index (χ0v) is 9.75. The Labute approximate surface area is 91.1 Å². The van der Waals surface area contributed by atoms with Crippen LogP contribution in [0.1, 0.15) is 46.5 Å². The fourth-order valence-electron chi connectivity index (χ4n) is 1.93. The second kappa shape index (κ2) is 4.79. The van der Waals surface area contributed by atoms with E-state index in [1.165, 1.54) is 12.5 Å². The molecule has 15 heavy (non-hydrogen) atoms. The van der Waals surface area contributed by atoms with Gasteiger partial charge < -0.3 is 9.84 Å². The average molecular weight is 212 g/mol. The molecule has 1 N–H and O–H groups in total. The number of aliphatic hydroxyl groups is 1. The molecule has 0 radical (unpaired) electrons. The third-order valence-corrected chi connectivity index (χ3v) is 2.95. The molecular formula is C12H20O3. The Kier molecular flexibility index (Phi) is 3.91. The van der Waals surface area contributed by atoms with Crippen molar-refractivity contribution in [3.63, 3.8) is 0 Å². The predicted molar refractivity (Wildman–Crippen MR) is 58.4 cm³/mol. The van der Waals surface area contributed by atoms with Crippen LogP contribution in [0.3, 0.4) is 0 Å². The molecule has 2 unspecified atom stereocenters. The monoisotopic (exact) mass is 212 g/mol. The molecule has 1 rings (SSSR count). The molecule has 3 heteroatoms. The molecule has 0 fully saturated rings. The number of rotatable bonds is 1. The quantitative estimate of drug-likeness (QED) is 0.535. The van der Waals surface area contributed by atoms with E-state index >= 15 is 0 Å². The third-order valence-electron chi connectivity index (χ3n) is 2.95. The zero-order chi connectivity index (χ0) is 11.5. The van der Waals surface area contributed by atoms with Crippen LogP contribution >= 0.6 is 0 Å². The van der Waals surface area contributed by atoms with Crippen LogP contribution in [0.4, 0.5) is 0 Å². The summed E-state index contributed by atoms with van der Waals surface area (Å²) in [7, 11) is 0. The lowest BCUT2D eigenvalue weighted by molar-refractivity contribution is -0.162. The van der Waals surface area contributed by atoms with E-state index in [0.717, 1.165) is 12.8 Å². The van der Waals surface area contributed by atoms with Gasteiger partial charge in [0.15, 0.2) is 0 Å². The van der Waals surface area contributed by atoms with E-state index in [0.29, 0.717) is 12.8 Å². The highest BCUT2D eigenvalue weighted by Gasteiger charge is 2.34. The normalized spacial score (nSPS) is 36.0. The Balaban J connectivity index is 2.72. The van der Waals surface area contributed by atoms with Gasteiger partial charge in [0.1, 0.15) is 6.10 Å². The maximum atomic E-state index is 10.9. The summed E-state index contributed by atoms with van der Waals surface area (Å²) >= 11 is 0. The fraction of sp³-hybridized carbons (Fsp3) is 0.750. The number of carbonyl (C=O) groups excluding carboxylic acids is 1. The van der Waals surface area contributed by atoms with Crippen molar-refractivity contribution in [1.82, 2.24) is 0 Å². The van der Waals surface area contributed by atoms with Crippen LogP contribution in [0.2, 0.25) is 0 Å². The van der Waals surface area contributed by atoms with Crippen molar-refractivity contribution in [2.45, 2.75) is 58.2 Å². The van der Waals surface area contributed by atoms with Gasteiger partial charge in [0.25, 0.3) is 0 Å². The first-order chi connectivity index (χ1) is 6.92. The first-order valence-electron chi connectivity index (χ1n) is 5.47. The summed E-state index contributed by atoms with van der Waals surface area (Å²) in [5.74, 6) is -0.317. The van der Waals surface area contributed by atoms with Crippen molar-refractivity contribution >= 4 is 5.97 Å². The largest absolute Gasteiger partial charge is 0.459 e. The van der Waals surface area contributed by atoms with Gasteiger partial charge in [-0.05, 0) is 39.5 Å². The molecule has 0 saturated carbocycles. The molecule has 0 spiro atoms. The summed E-state index contributed by atoms with van der Waals surface area (Å²) < 4.78 is 5.17. The molecule has 0 saturated heterocycles. The number of carbonyl (C=O) groups is 1. The van der Waals surface area contributed by atoms with Crippen LogP contribution in [0.25, 0.3) is 0 Å². The molecule has 0 aromatic carbocycles. The number of ether oxygens (including phenoxy) is 1. The maximum Gasteiger partial charge on any atom is 0.303 e. The van der Waals surface area contributed by atoms with Gasteiger partial charge in [0.2, 0.25) is 0 Å². The van der Waals surface area contributed by atoms with Gasteiger partial charge in [0.05, 0.1) is 5.60 Å². The highest BCUT2D eigenvalue weighted by molar-refractivity contribution is 5.66. The zero-order valence-electron chi connectivity index (χ0n) is 9.75. The van der Waals surface area contributed by atoms with Crippen molar-refractivity contribution in [3.8, 4) is 0 Å². The van der Waals surface area contributed by atoms with Crippen molar-refractivity contribution in [1.29, 1.82) is 0 Å². The lowest BCUT2D eigenvalue weighted by Gasteiger charge is -2.33. The number of hydrogen-bond donors (Lipinski definition) is 1. The third kappa shape index (κ3) is 3.67. The van der Waals surface area contributed by atoms with E-state index in [4.69, 9.17) is 4.74 Å². The Hall–Kier alpha value is -0.830. The van der Waals surface area contributed by atoms with Crippen LogP contribution < -0.4 is 0 Å². The molecule has 0 bridgehead atoms. The summed E-state index contributed by atoms with van der Waals surface area (Å²) in [6.07, 6.45) is 4.85. The van der Waals surface area contributed by atoms with Crippen molar-refractivity contribution < 1.29 is 14.6 Å². The standard InChI is InChI=1S/C12H20O3/c1-9-5-4-8-12(3,14)11(7-6-9)15-10(2)13/h5,11,14H,4,6-8H2,1-3H3/b9-5-. The van der Waals surface area contributed by atoms with Crippen LogP contribution in [-0.2, 0) is 9.53 Å². The maximum absolute atomic E-state index is 10.9. The second-order valence-electron chi connectivity index (χ2n) is 4.58. The SMILES string of the molecule is CC(=O)OC1CC/C(C)=C\CCC1(C)O. The lowest BCUT2D eigenvalue weighted by Crippen LogP contribution is -2.42. The van der Waals surface area contributed by atoms with Crippen molar-refractivity contribution in [3.05, 3.63) is 11.6 Å². The topological polar surface area (TPSA) is 46.5 Å². The van der Waals surface area contributed by atoms with Crippen LogP contribution in [0.15, 0.2) is 11.6 Å². The number of allylic oxidation sites excluding steroid dienone is 2. The van der Waals surface area contributed by atoms with E-state index in [1.807, 2.05) is 0 Å². The minimum Gasteiger partial charge on any atom is -0.459 e. The number of esters is 1.